The molecule has 3 N–H and O–H groups in total. The highest BCUT2D eigenvalue weighted by Crippen LogP contribution is 2.25. The minimum atomic E-state index is -0.321. The van der Waals surface area contributed by atoms with Crippen LogP contribution in [0.5, 0.6) is 0 Å². The van der Waals surface area contributed by atoms with Crippen molar-refractivity contribution in [2.24, 2.45) is 5.92 Å². The van der Waals surface area contributed by atoms with Gasteiger partial charge in [0.15, 0.2) is 0 Å². The Morgan fingerprint density at radius 2 is 1.85 bits per heavy atom. The molecule has 8 nitrogen and oxygen atoms in total. The summed E-state index contributed by atoms with van der Waals surface area (Å²) in [6.45, 7) is 2.52. The number of rotatable bonds is 7. The van der Waals surface area contributed by atoms with Crippen LogP contribution in [-0.2, 0) is 0 Å². The van der Waals surface area contributed by atoms with E-state index in [4.69, 9.17) is 11.6 Å². The van der Waals surface area contributed by atoms with Gasteiger partial charge in [-0.1, -0.05) is 36.5 Å². The number of anilines is 3. The van der Waals surface area contributed by atoms with E-state index in [2.05, 4.69) is 43.0 Å². The first-order valence-corrected chi connectivity index (χ1v) is 11.8. The Kier molecular flexibility index (Phi) is 7.87. The maximum atomic E-state index is 12.8. The van der Waals surface area contributed by atoms with Crippen LogP contribution in [0.25, 0.3) is 0 Å². The molecule has 0 radical (unpaired) electrons. The van der Waals surface area contributed by atoms with Crippen LogP contribution in [-0.4, -0.2) is 41.4 Å². The second-order valence-electron chi connectivity index (χ2n) is 8.01. The van der Waals surface area contributed by atoms with Crippen LogP contribution in [0.4, 0.5) is 17.2 Å². The highest BCUT2D eigenvalue weighted by atomic mass is 35.5. The van der Waals surface area contributed by atoms with Gasteiger partial charge in [0.2, 0.25) is 0 Å². The molecule has 0 unspecified atom stereocenters. The molecule has 4 rings (SSSR count). The van der Waals surface area contributed by atoms with Crippen molar-refractivity contribution >= 4 is 53.4 Å². The van der Waals surface area contributed by atoms with Crippen molar-refractivity contribution in [2.75, 3.05) is 35.2 Å². The predicted molar refractivity (Wildman–Crippen MR) is 138 cm³/mol. The van der Waals surface area contributed by atoms with Crippen LogP contribution in [0.2, 0.25) is 5.02 Å². The molecule has 1 aliphatic rings. The van der Waals surface area contributed by atoms with Crippen molar-refractivity contribution in [1.29, 1.82) is 0 Å². The second-order valence-corrected chi connectivity index (χ2v) is 8.67. The van der Waals surface area contributed by atoms with E-state index in [-0.39, 0.29) is 11.8 Å². The number of benzene rings is 1. The maximum absolute atomic E-state index is 12.8. The summed E-state index contributed by atoms with van der Waals surface area (Å²) in [5.74, 6) is 0.361. The van der Waals surface area contributed by atoms with E-state index in [9.17, 15) is 9.59 Å². The SMILES string of the molecule is O=C(NS)c1cc(N2CCC(CNc3ccccc3C(=O)Nc3ccc(Cl)cn3)CC2)ccn1. The van der Waals surface area contributed by atoms with E-state index in [1.165, 1.54) is 6.20 Å². The molecule has 2 aromatic heterocycles. The normalized spacial score (nSPS) is 13.9. The molecule has 0 saturated carbocycles. The summed E-state index contributed by atoms with van der Waals surface area (Å²) < 4.78 is 2.31. The average molecular weight is 497 g/mol. The zero-order valence-electron chi connectivity index (χ0n) is 18.4. The van der Waals surface area contributed by atoms with Crippen molar-refractivity contribution in [1.82, 2.24) is 14.7 Å². The fourth-order valence-corrected chi connectivity index (χ4v) is 4.14. The number of amides is 2. The van der Waals surface area contributed by atoms with E-state index < -0.39 is 0 Å². The summed E-state index contributed by atoms with van der Waals surface area (Å²) in [6, 6.07) is 14.5. The third kappa shape index (κ3) is 5.98. The number of piperidine rings is 1. The Morgan fingerprint density at radius 3 is 2.59 bits per heavy atom. The van der Waals surface area contributed by atoms with Gasteiger partial charge in [0.1, 0.15) is 11.5 Å². The molecule has 176 valence electrons. The number of carbonyl (C=O) groups is 2. The molecule has 2 amide bonds. The molecule has 3 aromatic rings. The molecular weight excluding hydrogens is 472 g/mol. The van der Waals surface area contributed by atoms with E-state index in [1.807, 2.05) is 24.3 Å². The van der Waals surface area contributed by atoms with E-state index in [0.29, 0.717) is 28.0 Å². The Balaban J connectivity index is 1.32. The van der Waals surface area contributed by atoms with Gasteiger partial charge >= 0.3 is 0 Å². The van der Waals surface area contributed by atoms with Gasteiger partial charge in [-0.15, -0.1) is 0 Å². The summed E-state index contributed by atoms with van der Waals surface area (Å²) in [4.78, 5) is 35.1. The first-order valence-electron chi connectivity index (χ1n) is 10.9. The molecule has 0 atom stereocenters. The van der Waals surface area contributed by atoms with Gasteiger partial charge < -0.3 is 15.5 Å². The smallest absolute Gasteiger partial charge is 0.279 e. The largest absolute Gasteiger partial charge is 0.384 e. The number of carbonyl (C=O) groups excluding carboxylic acids is 2. The third-order valence-electron chi connectivity index (χ3n) is 5.78. The maximum Gasteiger partial charge on any atom is 0.279 e. The van der Waals surface area contributed by atoms with E-state index >= 15 is 0 Å². The Labute approximate surface area is 208 Å². The highest BCUT2D eigenvalue weighted by molar-refractivity contribution is 7.78. The lowest BCUT2D eigenvalue weighted by Gasteiger charge is -2.34. The van der Waals surface area contributed by atoms with Gasteiger partial charge in [-0.2, -0.15) is 0 Å². The average Bonchev–Trinajstić information content (AvgIpc) is 2.89. The number of thiol groups is 1. The fourth-order valence-electron chi connectivity index (χ4n) is 3.92. The molecule has 0 aliphatic carbocycles. The van der Waals surface area contributed by atoms with Crippen LogP contribution in [0.15, 0.2) is 60.9 Å². The number of hydrogen-bond donors (Lipinski definition) is 4. The van der Waals surface area contributed by atoms with Gasteiger partial charge in [0, 0.05) is 43.4 Å². The Hall–Kier alpha value is -3.30. The van der Waals surface area contributed by atoms with Crippen LogP contribution in [0.1, 0.15) is 33.7 Å². The van der Waals surface area contributed by atoms with Crippen LogP contribution in [0, 0.1) is 5.92 Å². The Morgan fingerprint density at radius 1 is 1.06 bits per heavy atom. The van der Waals surface area contributed by atoms with Crippen LogP contribution >= 0.6 is 24.4 Å². The Bertz CT molecular complexity index is 1150. The monoisotopic (exact) mass is 496 g/mol. The lowest BCUT2D eigenvalue weighted by molar-refractivity contribution is 0.0978. The van der Waals surface area contributed by atoms with Crippen molar-refractivity contribution in [3.8, 4) is 0 Å². The quantitative estimate of drug-likeness (QED) is 0.364. The number of pyridine rings is 2. The second kappa shape index (κ2) is 11.2. The summed E-state index contributed by atoms with van der Waals surface area (Å²) in [5.41, 5.74) is 2.67. The number of nitrogens with zero attached hydrogens (tertiary/aromatic N) is 3. The van der Waals surface area contributed by atoms with Gasteiger partial charge in [0.25, 0.3) is 11.8 Å². The highest BCUT2D eigenvalue weighted by Gasteiger charge is 2.21. The van der Waals surface area contributed by atoms with Crippen molar-refractivity contribution < 1.29 is 9.59 Å². The lowest BCUT2D eigenvalue weighted by Crippen LogP contribution is -2.36. The first kappa shape index (κ1) is 23.8. The molecule has 1 saturated heterocycles. The zero-order valence-corrected chi connectivity index (χ0v) is 20.0. The van der Waals surface area contributed by atoms with Crippen molar-refractivity contribution in [3.05, 3.63) is 77.2 Å². The fraction of sp³-hybridized carbons (Fsp3) is 0.250. The van der Waals surface area contributed by atoms with E-state index in [1.54, 1.807) is 30.5 Å². The number of halogens is 1. The zero-order chi connectivity index (χ0) is 23.9. The molecule has 3 heterocycles. The minimum absolute atomic E-state index is 0.230. The van der Waals surface area contributed by atoms with Gasteiger partial charge in [-0.05, 0) is 55.2 Å². The summed E-state index contributed by atoms with van der Waals surface area (Å²) in [7, 11) is 0. The molecule has 10 heteroatoms. The number of nitrogens with one attached hydrogen (secondary N) is 3. The van der Waals surface area contributed by atoms with Crippen molar-refractivity contribution in [3.63, 3.8) is 0 Å². The molecule has 0 spiro atoms. The molecule has 34 heavy (non-hydrogen) atoms. The molecule has 1 aliphatic heterocycles. The number of hydrogen-bond acceptors (Lipinski definition) is 7. The van der Waals surface area contributed by atoms with Crippen LogP contribution in [0.3, 0.4) is 0 Å². The third-order valence-corrected chi connectivity index (χ3v) is 6.21. The standard InChI is InChI=1S/C24H25ClN6O2S/c25-17-5-6-22(28-15-17)29-23(32)19-3-1-2-4-20(19)27-14-16-8-11-31(12-9-16)18-7-10-26-21(13-18)24(33)30-34/h1-7,10,13,15-16,27,34H,8-9,11-12,14H2,(H,30,33)(H,28,29,32). The van der Waals surface area contributed by atoms with Crippen LogP contribution < -0.4 is 20.3 Å². The van der Waals surface area contributed by atoms with E-state index in [0.717, 1.165) is 43.9 Å². The summed E-state index contributed by atoms with van der Waals surface area (Å²) >= 11 is 9.67. The van der Waals surface area contributed by atoms with Gasteiger partial charge in [0.05, 0.1) is 10.6 Å². The minimum Gasteiger partial charge on any atom is -0.384 e. The molecule has 1 aromatic carbocycles. The van der Waals surface area contributed by atoms with Gasteiger partial charge in [-0.25, -0.2) is 4.98 Å². The van der Waals surface area contributed by atoms with Gasteiger partial charge in [-0.3, -0.25) is 19.3 Å². The summed E-state index contributed by atoms with van der Waals surface area (Å²) in [5, 5.41) is 6.78. The van der Waals surface area contributed by atoms with Crippen molar-refractivity contribution in [2.45, 2.75) is 12.8 Å². The lowest BCUT2D eigenvalue weighted by atomic mass is 9.96. The molecule has 1 fully saturated rings. The first-order chi connectivity index (χ1) is 16.5. The number of para-hydroxylation sites is 1. The molecule has 0 bridgehead atoms. The molecular formula is C24H25ClN6O2S. The number of aromatic nitrogens is 2. The predicted octanol–water partition coefficient (Wildman–Crippen LogP) is 4.29. The topological polar surface area (TPSA) is 99.2 Å². The summed E-state index contributed by atoms with van der Waals surface area (Å²) in [6.07, 6.45) is 5.12.